The lowest BCUT2D eigenvalue weighted by Crippen LogP contribution is -2.37. The Labute approximate surface area is 119 Å². The lowest BCUT2D eigenvalue weighted by atomic mass is 9.77. The molecule has 0 aliphatic rings. The molecule has 0 aromatic heterocycles. The summed E-state index contributed by atoms with van der Waals surface area (Å²) in [5.41, 5.74) is 0.985. The largest absolute Gasteiger partial charge is 0.488 e. The average Bonchev–Trinajstić information content (AvgIpc) is 2.37. The van der Waals surface area contributed by atoms with Gasteiger partial charge in [0.1, 0.15) is 5.82 Å². The predicted octanol–water partition coefficient (Wildman–Crippen LogP) is 1.08. The van der Waals surface area contributed by atoms with E-state index < -0.39 is 12.9 Å². The second kappa shape index (κ2) is 7.90. The molecule has 106 valence electrons. The first-order valence-electron chi connectivity index (χ1n) is 6.29. The van der Waals surface area contributed by atoms with Crippen LogP contribution < -0.4 is 5.46 Å². The van der Waals surface area contributed by atoms with Crippen LogP contribution in [0.5, 0.6) is 0 Å². The molecule has 6 heteroatoms. The molecule has 0 aliphatic carbocycles. The van der Waals surface area contributed by atoms with Gasteiger partial charge in [-0.15, -0.1) is 0 Å². The summed E-state index contributed by atoms with van der Waals surface area (Å²) in [6.07, 6.45) is 3.14. The molecule has 1 unspecified atom stereocenters. The first-order chi connectivity index (χ1) is 8.95. The highest BCUT2D eigenvalue weighted by Crippen LogP contribution is 2.10. The summed E-state index contributed by atoms with van der Waals surface area (Å²) in [4.78, 5) is 2.13. The van der Waals surface area contributed by atoms with Gasteiger partial charge in [0.2, 0.25) is 0 Å². The van der Waals surface area contributed by atoms with Gasteiger partial charge < -0.3 is 10.0 Å². The minimum atomic E-state index is -1.64. The number of rotatable bonds is 7. The molecule has 0 amide bonds. The van der Waals surface area contributed by atoms with Crippen LogP contribution in [0.2, 0.25) is 0 Å². The van der Waals surface area contributed by atoms with Gasteiger partial charge in [0.15, 0.2) is 0 Å². The van der Waals surface area contributed by atoms with Crippen molar-refractivity contribution in [2.75, 3.05) is 19.1 Å². The van der Waals surface area contributed by atoms with Crippen molar-refractivity contribution >= 4 is 24.3 Å². The van der Waals surface area contributed by atoms with Gasteiger partial charge in [0, 0.05) is 12.6 Å². The minimum absolute atomic E-state index is 0.240. The Balaban J connectivity index is 2.75. The highest BCUT2D eigenvalue weighted by Gasteiger charge is 2.19. The number of hydrogen-bond acceptors (Lipinski definition) is 4. The van der Waals surface area contributed by atoms with E-state index in [1.807, 2.05) is 18.8 Å². The van der Waals surface area contributed by atoms with Crippen LogP contribution in [-0.2, 0) is 6.54 Å². The van der Waals surface area contributed by atoms with Gasteiger partial charge in [0.05, 0.1) is 0 Å². The predicted molar refractivity (Wildman–Crippen MR) is 80.2 cm³/mol. The van der Waals surface area contributed by atoms with Crippen molar-refractivity contribution in [2.24, 2.45) is 0 Å². The van der Waals surface area contributed by atoms with Crippen LogP contribution in [0.3, 0.4) is 0 Å². The molecule has 0 saturated carbocycles. The summed E-state index contributed by atoms with van der Waals surface area (Å²) in [5.74, 6) is 0.634. The van der Waals surface area contributed by atoms with Gasteiger partial charge in [-0.2, -0.15) is 11.8 Å². The molecule has 3 nitrogen and oxygen atoms in total. The number of benzene rings is 1. The fourth-order valence-electron chi connectivity index (χ4n) is 1.88. The van der Waals surface area contributed by atoms with E-state index >= 15 is 0 Å². The Morgan fingerprint density at radius 2 is 2.11 bits per heavy atom. The van der Waals surface area contributed by atoms with Crippen LogP contribution >= 0.6 is 11.8 Å². The Hall–Kier alpha value is -0.555. The molecule has 1 rings (SSSR count). The van der Waals surface area contributed by atoms with Crippen LogP contribution in [0, 0.1) is 5.82 Å². The van der Waals surface area contributed by atoms with Crippen molar-refractivity contribution in [3.8, 4) is 0 Å². The maximum atomic E-state index is 13.1. The Kier molecular flexibility index (Phi) is 6.86. The number of halogens is 1. The zero-order valence-electron chi connectivity index (χ0n) is 11.6. The van der Waals surface area contributed by atoms with E-state index in [0.29, 0.717) is 12.6 Å². The first-order valence-corrected chi connectivity index (χ1v) is 7.68. The molecule has 2 N–H and O–H groups in total. The summed E-state index contributed by atoms with van der Waals surface area (Å²) in [7, 11) is 0.350. The molecule has 0 aliphatic heterocycles. The van der Waals surface area contributed by atoms with Gasteiger partial charge in [-0.05, 0) is 55.6 Å². The van der Waals surface area contributed by atoms with Crippen LogP contribution in [0.15, 0.2) is 18.2 Å². The van der Waals surface area contributed by atoms with Gasteiger partial charge >= 0.3 is 7.12 Å². The van der Waals surface area contributed by atoms with Gasteiger partial charge in [0.25, 0.3) is 0 Å². The zero-order chi connectivity index (χ0) is 14.4. The highest BCUT2D eigenvalue weighted by atomic mass is 32.2. The van der Waals surface area contributed by atoms with E-state index in [1.165, 1.54) is 12.1 Å². The first kappa shape index (κ1) is 16.5. The molecule has 19 heavy (non-hydrogen) atoms. The van der Waals surface area contributed by atoms with Crippen molar-refractivity contribution < 1.29 is 14.4 Å². The van der Waals surface area contributed by atoms with Crippen molar-refractivity contribution in [3.63, 3.8) is 0 Å². The second-order valence-corrected chi connectivity index (χ2v) is 5.75. The summed E-state index contributed by atoms with van der Waals surface area (Å²) < 4.78 is 13.1. The van der Waals surface area contributed by atoms with Crippen molar-refractivity contribution in [1.29, 1.82) is 0 Å². The van der Waals surface area contributed by atoms with Crippen LogP contribution in [-0.4, -0.2) is 47.2 Å². The third kappa shape index (κ3) is 5.14. The van der Waals surface area contributed by atoms with E-state index in [4.69, 9.17) is 0 Å². The molecular formula is C13H21BFNO2S. The Bertz CT molecular complexity index is 406. The smallest absolute Gasteiger partial charge is 0.423 e. The normalized spacial score (nSPS) is 12.8. The van der Waals surface area contributed by atoms with Crippen LogP contribution in [0.1, 0.15) is 18.9 Å². The molecule has 1 aromatic carbocycles. The number of nitrogens with zero attached hydrogens (tertiary/aromatic N) is 1. The lowest BCUT2D eigenvalue weighted by Gasteiger charge is -2.25. The van der Waals surface area contributed by atoms with Crippen LogP contribution in [0.4, 0.5) is 4.39 Å². The molecular weight excluding hydrogens is 264 g/mol. The molecule has 0 fully saturated rings. The van der Waals surface area contributed by atoms with Crippen molar-refractivity contribution in [1.82, 2.24) is 4.90 Å². The van der Waals surface area contributed by atoms with Gasteiger partial charge in [-0.1, -0.05) is 6.07 Å². The molecule has 1 aromatic rings. The molecule has 0 spiro atoms. The summed E-state index contributed by atoms with van der Waals surface area (Å²) >= 11 is 1.81. The van der Waals surface area contributed by atoms with Crippen molar-refractivity contribution in [3.05, 3.63) is 29.6 Å². The fourth-order valence-corrected chi connectivity index (χ4v) is 2.46. The molecule has 0 heterocycles. The SMILES string of the molecule is CSCCC(C)N(C)Cc1ccc(F)cc1B(O)O. The quantitative estimate of drug-likeness (QED) is 0.736. The maximum absolute atomic E-state index is 13.1. The van der Waals surface area contributed by atoms with E-state index in [1.54, 1.807) is 6.07 Å². The van der Waals surface area contributed by atoms with Gasteiger partial charge in [-0.25, -0.2) is 4.39 Å². The van der Waals surface area contributed by atoms with Crippen LogP contribution in [0.25, 0.3) is 0 Å². The minimum Gasteiger partial charge on any atom is -0.423 e. The van der Waals surface area contributed by atoms with E-state index in [-0.39, 0.29) is 5.46 Å². The zero-order valence-corrected chi connectivity index (χ0v) is 12.5. The van der Waals surface area contributed by atoms with Gasteiger partial charge in [-0.3, -0.25) is 4.90 Å². The molecule has 0 bridgehead atoms. The lowest BCUT2D eigenvalue weighted by molar-refractivity contribution is 0.245. The number of thioether (sulfide) groups is 1. The standard InChI is InChI=1S/C13H21BFNO2S/c1-10(6-7-19-3)16(2)9-11-4-5-12(15)8-13(11)14(17)18/h4-5,8,10,17-18H,6-7,9H2,1-3H3. The monoisotopic (exact) mass is 285 g/mol. The topological polar surface area (TPSA) is 43.7 Å². The fraction of sp³-hybridized carbons (Fsp3) is 0.538. The Morgan fingerprint density at radius 1 is 1.42 bits per heavy atom. The maximum Gasteiger partial charge on any atom is 0.488 e. The summed E-state index contributed by atoms with van der Waals surface area (Å²) in [5, 5.41) is 18.6. The molecule has 1 atom stereocenters. The number of hydrogen-bond donors (Lipinski definition) is 2. The third-order valence-corrected chi connectivity index (χ3v) is 3.94. The Morgan fingerprint density at radius 3 is 2.68 bits per heavy atom. The van der Waals surface area contributed by atoms with E-state index in [2.05, 4.69) is 18.1 Å². The van der Waals surface area contributed by atoms with E-state index in [9.17, 15) is 14.4 Å². The summed E-state index contributed by atoms with van der Waals surface area (Å²) in [6.45, 7) is 2.71. The van der Waals surface area contributed by atoms with E-state index in [0.717, 1.165) is 17.7 Å². The third-order valence-electron chi connectivity index (χ3n) is 3.30. The second-order valence-electron chi connectivity index (χ2n) is 4.76. The molecule has 0 saturated heterocycles. The summed E-state index contributed by atoms with van der Waals surface area (Å²) in [6, 6.07) is 4.53. The highest BCUT2D eigenvalue weighted by molar-refractivity contribution is 7.98. The average molecular weight is 285 g/mol. The van der Waals surface area contributed by atoms with Crippen molar-refractivity contribution in [2.45, 2.75) is 25.9 Å². The molecule has 0 radical (unpaired) electrons.